The maximum absolute atomic E-state index is 11.8. The number of hydrogen-bond donors (Lipinski definition) is 2. The molecule has 0 fully saturated rings. The largest absolute Gasteiger partial charge is 0.360 e. The van der Waals surface area contributed by atoms with E-state index in [2.05, 4.69) is 25.5 Å². The van der Waals surface area contributed by atoms with E-state index in [0.717, 1.165) is 0 Å². The fourth-order valence-corrected chi connectivity index (χ4v) is 1.88. The fraction of sp³-hybridized carbons (Fsp3) is 0. The van der Waals surface area contributed by atoms with E-state index in [9.17, 15) is 4.79 Å². The average Bonchev–Trinajstić information content (AvgIpc) is 2.99. The number of nitrogens with zero attached hydrogens (tertiary/aromatic N) is 3. The van der Waals surface area contributed by atoms with Crippen LogP contribution >= 0.6 is 11.6 Å². The van der Waals surface area contributed by atoms with Crippen LogP contribution < -0.4 is 5.43 Å². The molecule has 2 aromatic heterocycles. The smallest absolute Gasteiger partial charge is 0.273 e. The standard InChI is InChI=1S/C12H8ClN5O/c13-7-3-8(16-5-7)4-9-11(17-18-12(9)19)10-6-14-1-2-15-10/h1-6,16H,(H,18,19). The zero-order chi connectivity index (χ0) is 13.2. The molecule has 3 rings (SSSR count). The molecule has 3 heterocycles. The average molecular weight is 274 g/mol. The van der Waals surface area contributed by atoms with Gasteiger partial charge in [-0.3, -0.25) is 14.8 Å². The number of halogens is 1. The lowest BCUT2D eigenvalue weighted by Gasteiger charge is -1.99. The van der Waals surface area contributed by atoms with E-state index in [4.69, 9.17) is 11.6 Å². The Morgan fingerprint density at radius 2 is 2.21 bits per heavy atom. The molecule has 0 saturated carbocycles. The highest BCUT2D eigenvalue weighted by Gasteiger charge is 2.25. The Morgan fingerprint density at radius 3 is 2.89 bits per heavy atom. The molecule has 19 heavy (non-hydrogen) atoms. The van der Waals surface area contributed by atoms with Crippen molar-refractivity contribution >= 4 is 29.3 Å². The van der Waals surface area contributed by atoms with Crippen molar-refractivity contribution in [1.82, 2.24) is 20.4 Å². The normalized spacial score (nSPS) is 16.6. The van der Waals surface area contributed by atoms with Crippen LogP contribution in [0, 0.1) is 0 Å². The maximum atomic E-state index is 11.8. The van der Waals surface area contributed by atoms with Gasteiger partial charge in [0.05, 0.1) is 16.8 Å². The summed E-state index contributed by atoms with van der Waals surface area (Å²) in [7, 11) is 0. The monoisotopic (exact) mass is 273 g/mol. The SMILES string of the molecule is O=C1NN=C(c2cnccn2)C1=Cc1cc(Cl)c[nH]1. The highest BCUT2D eigenvalue weighted by molar-refractivity contribution is 6.33. The van der Waals surface area contributed by atoms with E-state index < -0.39 is 0 Å². The first-order chi connectivity index (χ1) is 9.24. The number of hydrogen-bond acceptors (Lipinski definition) is 4. The summed E-state index contributed by atoms with van der Waals surface area (Å²) >= 11 is 5.82. The molecule has 0 saturated heterocycles. The number of hydrazone groups is 1. The molecule has 0 spiro atoms. The van der Waals surface area contributed by atoms with E-state index >= 15 is 0 Å². The van der Waals surface area contributed by atoms with Crippen LogP contribution in [0.15, 0.2) is 41.5 Å². The van der Waals surface area contributed by atoms with Crippen molar-refractivity contribution in [1.29, 1.82) is 0 Å². The summed E-state index contributed by atoms with van der Waals surface area (Å²) in [6.07, 6.45) is 7.96. The summed E-state index contributed by atoms with van der Waals surface area (Å²) < 4.78 is 0. The third-order valence-corrected chi connectivity index (χ3v) is 2.76. The third-order valence-electron chi connectivity index (χ3n) is 2.54. The van der Waals surface area contributed by atoms with Crippen molar-refractivity contribution in [3.8, 4) is 0 Å². The van der Waals surface area contributed by atoms with Gasteiger partial charge in [-0.25, -0.2) is 5.43 Å². The molecule has 0 unspecified atom stereocenters. The number of aromatic amines is 1. The predicted molar refractivity (Wildman–Crippen MR) is 70.5 cm³/mol. The molecule has 1 aliphatic rings. The van der Waals surface area contributed by atoms with Crippen molar-refractivity contribution in [2.45, 2.75) is 0 Å². The number of amides is 1. The Balaban J connectivity index is 2.01. The van der Waals surface area contributed by atoms with E-state index in [1.807, 2.05) is 0 Å². The van der Waals surface area contributed by atoms with Gasteiger partial charge >= 0.3 is 0 Å². The molecular formula is C12H8ClN5O. The summed E-state index contributed by atoms with van der Waals surface area (Å²) in [5.41, 5.74) is 4.54. The molecule has 0 aromatic carbocycles. The second kappa shape index (κ2) is 4.66. The Hall–Kier alpha value is -2.47. The van der Waals surface area contributed by atoms with Crippen LogP contribution in [0.3, 0.4) is 0 Å². The Bertz CT molecular complexity index is 689. The molecule has 0 aliphatic carbocycles. The number of H-pyrrole nitrogens is 1. The van der Waals surface area contributed by atoms with Gasteiger partial charge in [-0.2, -0.15) is 5.10 Å². The Morgan fingerprint density at radius 1 is 1.32 bits per heavy atom. The predicted octanol–water partition coefficient (Wildman–Crippen LogP) is 1.38. The van der Waals surface area contributed by atoms with Crippen LogP contribution in [0.4, 0.5) is 0 Å². The van der Waals surface area contributed by atoms with Gasteiger partial charge in [-0.05, 0) is 12.1 Å². The van der Waals surface area contributed by atoms with Crippen LogP contribution in [0.2, 0.25) is 5.02 Å². The van der Waals surface area contributed by atoms with Gasteiger partial charge in [-0.1, -0.05) is 11.6 Å². The third kappa shape index (κ3) is 2.25. The van der Waals surface area contributed by atoms with Gasteiger partial charge < -0.3 is 4.98 Å². The highest BCUT2D eigenvalue weighted by atomic mass is 35.5. The Kier molecular flexibility index (Phi) is 2.85. The van der Waals surface area contributed by atoms with Gasteiger partial charge in [0.2, 0.25) is 0 Å². The minimum atomic E-state index is -0.286. The molecule has 0 radical (unpaired) electrons. The summed E-state index contributed by atoms with van der Waals surface area (Å²) in [5.74, 6) is -0.286. The summed E-state index contributed by atoms with van der Waals surface area (Å²) in [6, 6.07) is 1.72. The quantitative estimate of drug-likeness (QED) is 0.811. The molecule has 0 bridgehead atoms. The molecule has 0 atom stereocenters. The lowest BCUT2D eigenvalue weighted by atomic mass is 10.1. The first-order valence-electron chi connectivity index (χ1n) is 5.44. The summed E-state index contributed by atoms with van der Waals surface area (Å²) in [6.45, 7) is 0. The topological polar surface area (TPSA) is 83.0 Å². The highest BCUT2D eigenvalue weighted by Crippen LogP contribution is 2.17. The zero-order valence-corrected chi connectivity index (χ0v) is 10.3. The first-order valence-corrected chi connectivity index (χ1v) is 5.82. The maximum Gasteiger partial charge on any atom is 0.273 e. The van der Waals surface area contributed by atoms with E-state index in [-0.39, 0.29) is 5.91 Å². The first kappa shape index (κ1) is 11.6. The van der Waals surface area contributed by atoms with Gasteiger partial charge in [0.1, 0.15) is 11.4 Å². The lowest BCUT2D eigenvalue weighted by molar-refractivity contribution is -0.116. The lowest BCUT2D eigenvalue weighted by Crippen LogP contribution is -2.14. The van der Waals surface area contributed by atoms with E-state index in [0.29, 0.717) is 27.7 Å². The number of nitrogens with one attached hydrogen (secondary N) is 2. The zero-order valence-electron chi connectivity index (χ0n) is 9.59. The van der Waals surface area contributed by atoms with Gasteiger partial charge in [-0.15, -0.1) is 0 Å². The second-order valence-electron chi connectivity index (χ2n) is 3.82. The minimum absolute atomic E-state index is 0.286. The van der Waals surface area contributed by atoms with E-state index in [1.165, 1.54) is 0 Å². The van der Waals surface area contributed by atoms with Crippen molar-refractivity contribution in [3.63, 3.8) is 0 Å². The fourth-order valence-electron chi connectivity index (χ4n) is 1.71. The van der Waals surface area contributed by atoms with Crippen molar-refractivity contribution in [3.05, 3.63) is 52.8 Å². The summed E-state index contributed by atoms with van der Waals surface area (Å²) in [5, 5.41) is 4.54. The van der Waals surface area contributed by atoms with Crippen LogP contribution in [0.25, 0.3) is 6.08 Å². The van der Waals surface area contributed by atoms with Gasteiger partial charge in [0.25, 0.3) is 5.91 Å². The number of carbonyl (C=O) groups is 1. The Labute approximate surface area is 113 Å². The summed E-state index contributed by atoms with van der Waals surface area (Å²) in [4.78, 5) is 22.8. The van der Waals surface area contributed by atoms with Crippen LogP contribution in [0.1, 0.15) is 11.4 Å². The number of carbonyl (C=O) groups excluding carboxylic acids is 1. The molecule has 94 valence electrons. The van der Waals surface area contributed by atoms with Gasteiger partial charge in [0.15, 0.2) is 0 Å². The molecule has 6 nitrogen and oxygen atoms in total. The molecule has 1 amide bonds. The number of rotatable bonds is 2. The second-order valence-corrected chi connectivity index (χ2v) is 4.26. The molecule has 2 N–H and O–H groups in total. The van der Waals surface area contributed by atoms with Crippen LogP contribution in [-0.4, -0.2) is 26.6 Å². The van der Waals surface area contributed by atoms with Crippen molar-refractivity contribution < 1.29 is 4.79 Å². The number of aromatic nitrogens is 3. The molecule has 1 aliphatic heterocycles. The van der Waals surface area contributed by atoms with Crippen LogP contribution in [-0.2, 0) is 4.79 Å². The van der Waals surface area contributed by atoms with Crippen LogP contribution in [0.5, 0.6) is 0 Å². The van der Waals surface area contributed by atoms with Crippen molar-refractivity contribution in [2.75, 3.05) is 0 Å². The molecular weight excluding hydrogens is 266 g/mol. The van der Waals surface area contributed by atoms with Crippen molar-refractivity contribution in [2.24, 2.45) is 5.10 Å². The molecule has 2 aromatic rings. The van der Waals surface area contributed by atoms with Gasteiger partial charge in [0, 0.05) is 24.3 Å². The minimum Gasteiger partial charge on any atom is -0.360 e. The molecule has 7 heteroatoms. The van der Waals surface area contributed by atoms with E-state index in [1.54, 1.807) is 36.9 Å².